The fourth-order valence-corrected chi connectivity index (χ4v) is 2.92. The highest BCUT2D eigenvalue weighted by molar-refractivity contribution is 5.75. The first-order chi connectivity index (χ1) is 10.0. The molecule has 1 aliphatic carbocycles. The summed E-state index contributed by atoms with van der Waals surface area (Å²) in [6.45, 7) is 7.82. The van der Waals surface area contributed by atoms with E-state index in [0.717, 1.165) is 19.4 Å². The molecule has 2 fully saturated rings. The Hall–Kier alpha value is -1.63. The molecule has 1 N–H and O–H groups in total. The van der Waals surface area contributed by atoms with Crippen LogP contribution in [0, 0.1) is 6.92 Å². The molecule has 1 aromatic rings. The van der Waals surface area contributed by atoms with Gasteiger partial charge in [0, 0.05) is 39.0 Å². The average molecular weight is 294 g/mol. The second-order valence-corrected chi connectivity index (χ2v) is 6.06. The van der Waals surface area contributed by atoms with Crippen LogP contribution < -0.4 is 5.32 Å². The van der Waals surface area contributed by atoms with Gasteiger partial charge < -0.3 is 19.5 Å². The lowest BCUT2D eigenvalue weighted by atomic mass is 10.1. The summed E-state index contributed by atoms with van der Waals surface area (Å²) in [7, 11) is 0. The molecule has 1 saturated carbocycles. The second-order valence-electron chi connectivity index (χ2n) is 6.06. The highest BCUT2D eigenvalue weighted by Gasteiger charge is 2.52. The molecule has 3 rings (SSSR count). The Labute approximate surface area is 124 Å². The van der Waals surface area contributed by atoms with Crippen LogP contribution in [-0.4, -0.2) is 52.4 Å². The minimum atomic E-state index is -0.186. The van der Waals surface area contributed by atoms with E-state index in [9.17, 15) is 4.79 Å². The monoisotopic (exact) mass is 294 g/mol. The number of rotatable bonds is 4. The third-order valence-corrected chi connectivity index (χ3v) is 4.34. The first kappa shape index (κ1) is 14.3. The van der Waals surface area contributed by atoms with Crippen LogP contribution in [0.3, 0.4) is 0 Å². The zero-order valence-corrected chi connectivity index (χ0v) is 12.8. The summed E-state index contributed by atoms with van der Waals surface area (Å²) in [6, 6.07) is 0.0996. The van der Waals surface area contributed by atoms with E-state index in [2.05, 4.69) is 15.5 Å². The predicted molar refractivity (Wildman–Crippen MR) is 74.9 cm³/mol. The standard InChI is InChI=1S/C14H22N4O3/c1-4-20-14(3)7-11(14)16-13(19)18-6-5-10(8-18)12-15-9(2)21-17-12/h10-11H,4-8H2,1-3H3,(H,16,19)/t10?,11-,14+/m1/s1. The summed E-state index contributed by atoms with van der Waals surface area (Å²) in [6.07, 6.45) is 1.76. The number of carbonyl (C=O) groups excluding carboxylic acids is 1. The van der Waals surface area contributed by atoms with E-state index in [1.54, 1.807) is 6.92 Å². The van der Waals surface area contributed by atoms with Crippen LogP contribution in [0.5, 0.6) is 0 Å². The maximum Gasteiger partial charge on any atom is 0.317 e. The van der Waals surface area contributed by atoms with Crippen LogP contribution in [0.15, 0.2) is 4.52 Å². The molecule has 0 bridgehead atoms. The maximum absolute atomic E-state index is 12.3. The van der Waals surface area contributed by atoms with Gasteiger partial charge in [0.1, 0.15) is 0 Å². The van der Waals surface area contributed by atoms with E-state index in [-0.39, 0.29) is 23.6 Å². The number of amides is 2. The summed E-state index contributed by atoms with van der Waals surface area (Å²) in [5.41, 5.74) is -0.186. The van der Waals surface area contributed by atoms with E-state index >= 15 is 0 Å². The van der Waals surface area contributed by atoms with Crippen molar-refractivity contribution >= 4 is 6.03 Å². The molecular weight excluding hydrogens is 272 g/mol. The average Bonchev–Trinajstić information content (AvgIpc) is 2.88. The summed E-state index contributed by atoms with van der Waals surface area (Å²) in [5.74, 6) is 1.44. The fraction of sp³-hybridized carbons (Fsp3) is 0.786. The maximum atomic E-state index is 12.3. The van der Waals surface area contributed by atoms with Crippen molar-refractivity contribution < 1.29 is 14.1 Å². The zero-order chi connectivity index (χ0) is 15.0. The van der Waals surface area contributed by atoms with Crippen molar-refractivity contribution in [2.24, 2.45) is 0 Å². The number of urea groups is 1. The topological polar surface area (TPSA) is 80.5 Å². The van der Waals surface area contributed by atoms with Crippen LogP contribution in [0.2, 0.25) is 0 Å². The van der Waals surface area contributed by atoms with Crippen molar-refractivity contribution in [3.63, 3.8) is 0 Å². The van der Waals surface area contributed by atoms with Gasteiger partial charge in [-0.1, -0.05) is 5.16 Å². The summed E-state index contributed by atoms with van der Waals surface area (Å²) in [4.78, 5) is 18.3. The number of ether oxygens (including phenoxy) is 1. The number of hydrogen-bond donors (Lipinski definition) is 1. The van der Waals surface area contributed by atoms with Gasteiger partial charge >= 0.3 is 6.03 Å². The minimum Gasteiger partial charge on any atom is -0.373 e. The number of nitrogens with one attached hydrogen (secondary N) is 1. The summed E-state index contributed by atoms with van der Waals surface area (Å²) in [5, 5.41) is 6.99. The van der Waals surface area contributed by atoms with Crippen molar-refractivity contribution in [1.82, 2.24) is 20.4 Å². The quantitative estimate of drug-likeness (QED) is 0.909. The van der Waals surface area contributed by atoms with Crippen LogP contribution in [-0.2, 0) is 4.74 Å². The lowest BCUT2D eigenvalue weighted by Gasteiger charge is -2.18. The molecule has 1 aromatic heterocycles. The summed E-state index contributed by atoms with van der Waals surface area (Å²) < 4.78 is 10.6. The van der Waals surface area contributed by atoms with Gasteiger partial charge in [0.05, 0.1) is 11.6 Å². The van der Waals surface area contributed by atoms with E-state index in [4.69, 9.17) is 9.26 Å². The number of hydrogen-bond acceptors (Lipinski definition) is 5. The summed E-state index contributed by atoms with van der Waals surface area (Å²) >= 11 is 0. The first-order valence-corrected chi connectivity index (χ1v) is 7.51. The lowest BCUT2D eigenvalue weighted by molar-refractivity contribution is 0.0487. The van der Waals surface area contributed by atoms with Crippen LogP contribution >= 0.6 is 0 Å². The Morgan fingerprint density at radius 2 is 2.43 bits per heavy atom. The van der Waals surface area contributed by atoms with Crippen molar-refractivity contribution in [1.29, 1.82) is 0 Å². The van der Waals surface area contributed by atoms with Gasteiger partial charge in [0.15, 0.2) is 5.82 Å². The Bertz CT molecular complexity index is 532. The van der Waals surface area contributed by atoms with Gasteiger partial charge in [-0.15, -0.1) is 0 Å². The Morgan fingerprint density at radius 1 is 1.62 bits per heavy atom. The number of aryl methyl sites for hydroxylation is 1. The van der Waals surface area contributed by atoms with Crippen LogP contribution in [0.1, 0.15) is 44.3 Å². The molecular formula is C14H22N4O3. The number of likely N-dealkylation sites (tertiary alicyclic amines) is 1. The SMILES string of the molecule is CCO[C@@]1(C)C[C@H]1NC(=O)N1CCC(c2noc(C)n2)C1. The lowest BCUT2D eigenvalue weighted by Crippen LogP contribution is -2.42. The number of aromatic nitrogens is 2. The van der Waals surface area contributed by atoms with Gasteiger partial charge in [0.2, 0.25) is 5.89 Å². The molecule has 0 spiro atoms. The van der Waals surface area contributed by atoms with Crippen molar-refractivity contribution in [3.05, 3.63) is 11.7 Å². The van der Waals surface area contributed by atoms with Crippen molar-refractivity contribution in [3.8, 4) is 0 Å². The Kier molecular flexibility index (Phi) is 3.61. The molecule has 2 heterocycles. The van der Waals surface area contributed by atoms with Crippen molar-refractivity contribution in [2.45, 2.75) is 51.2 Å². The van der Waals surface area contributed by atoms with Gasteiger partial charge in [-0.3, -0.25) is 0 Å². The van der Waals surface area contributed by atoms with E-state index < -0.39 is 0 Å². The molecule has 0 aromatic carbocycles. The molecule has 1 unspecified atom stereocenters. The normalized spacial score (nSPS) is 31.5. The van der Waals surface area contributed by atoms with Crippen LogP contribution in [0.25, 0.3) is 0 Å². The molecule has 1 saturated heterocycles. The molecule has 21 heavy (non-hydrogen) atoms. The molecule has 116 valence electrons. The molecule has 7 nitrogen and oxygen atoms in total. The molecule has 3 atom stereocenters. The molecule has 7 heteroatoms. The van der Waals surface area contributed by atoms with E-state index in [0.29, 0.717) is 24.9 Å². The smallest absolute Gasteiger partial charge is 0.317 e. The number of carbonyl (C=O) groups is 1. The van der Waals surface area contributed by atoms with E-state index in [1.807, 2.05) is 18.7 Å². The predicted octanol–water partition coefficient (Wildman–Crippen LogP) is 1.44. The second kappa shape index (κ2) is 5.29. The van der Waals surface area contributed by atoms with Crippen LogP contribution in [0.4, 0.5) is 4.79 Å². The van der Waals surface area contributed by atoms with E-state index in [1.165, 1.54) is 0 Å². The zero-order valence-electron chi connectivity index (χ0n) is 12.8. The Balaban J connectivity index is 1.51. The van der Waals surface area contributed by atoms with Gasteiger partial charge in [-0.05, 0) is 20.3 Å². The third kappa shape index (κ3) is 2.88. The molecule has 2 amide bonds. The Morgan fingerprint density at radius 3 is 3.10 bits per heavy atom. The minimum absolute atomic E-state index is 0.0221. The van der Waals surface area contributed by atoms with Crippen molar-refractivity contribution in [2.75, 3.05) is 19.7 Å². The number of nitrogens with zero attached hydrogens (tertiary/aromatic N) is 3. The third-order valence-electron chi connectivity index (χ3n) is 4.34. The fourth-order valence-electron chi connectivity index (χ4n) is 2.92. The largest absolute Gasteiger partial charge is 0.373 e. The molecule has 0 radical (unpaired) electrons. The highest BCUT2D eigenvalue weighted by Crippen LogP contribution is 2.39. The molecule has 1 aliphatic heterocycles. The van der Waals surface area contributed by atoms with Gasteiger partial charge in [-0.2, -0.15) is 4.98 Å². The molecule has 2 aliphatic rings. The van der Waals surface area contributed by atoms with Gasteiger partial charge in [-0.25, -0.2) is 4.79 Å². The first-order valence-electron chi connectivity index (χ1n) is 7.51. The highest BCUT2D eigenvalue weighted by atomic mass is 16.5. The van der Waals surface area contributed by atoms with Gasteiger partial charge in [0.25, 0.3) is 0 Å².